The van der Waals surface area contributed by atoms with E-state index in [0.29, 0.717) is 0 Å². The molecule has 0 aliphatic rings. The van der Waals surface area contributed by atoms with Crippen LogP contribution in [-0.2, 0) is 13.0 Å². The van der Waals surface area contributed by atoms with Crippen LogP contribution >= 0.6 is 15.9 Å². The SMILES string of the molecule is CCCc1ccc(C(=O)Cn2cc(Br)cn2)cc1. The summed E-state index contributed by atoms with van der Waals surface area (Å²) >= 11 is 3.31. The first-order valence-corrected chi connectivity index (χ1v) is 6.78. The molecule has 0 fully saturated rings. The van der Waals surface area contributed by atoms with Crippen molar-refractivity contribution in [1.29, 1.82) is 0 Å². The average molecular weight is 307 g/mol. The van der Waals surface area contributed by atoms with Crippen LogP contribution in [0.2, 0.25) is 0 Å². The van der Waals surface area contributed by atoms with Crippen molar-refractivity contribution in [1.82, 2.24) is 9.78 Å². The Morgan fingerprint density at radius 2 is 2.06 bits per heavy atom. The van der Waals surface area contributed by atoms with Crippen LogP contribution in [0, 0.1) is 0 Å². The fraction of sp³-hybridized carbons (Fsp3) is 0.286. The maximum atomic E-state index is 12.0. The normalized spacial score (nSPS) is 10.6. The monoisotopic (exact) mass is 306 g/mol. The molecule has 0 saturated heterocycles. The van der Waals surface area contributed by atoms with Crippen LogP contribution in [0.15, 0.2) is 41.1 Å². The Morgan fingerprint density at radius 3 is 2.61 bits per heavy atom. The van der Waals surface area contributed by atoms with Crippen LogP contribution in [0.1, 0.15) is 29.3 Å². The second-order valence-corrected chi connectivity index (χ2v) is 5.14. The molecule has 94 valence electrons. The Labute approximate surface area is 115 Å². The van der Waals surface area contributed by atoms with Gasteiger partial charge in [-0.3, -0.25) is 9.48 Å². The van der Waals surface area contributed by atoms with Crippen molar-refractivity contribution in [3.8, 4) is 0 Å². The van der Waals surface area contributed by atoms with Gasteiger partial charge in [-0.2, -0.15) is 5.10 Å². The topological polar surface area (TPSA) is 34.9 Å². The van der Waals surface area contributed by atoms with E-state index in [2.05, 4.69) is 28.0 Å². The van der Waals surface area contributed by atoms with Gasteiger partial charge in [0.15, 0.2) is 5.78 Å². The summed E-state index contributed by atoms with van der Waals surface area (Å²) in [5.41, 5.74) is 2.01. The molecule has 0 aliphatic carbocycles. The molecule has 1 aromatic carbocycles. The van der Waals surface area contributed by atoms with E-state index in [1.165, 1.54) is 5.56 Å². The lowest BCUT2D eigenvalue weighted by atomic mass is 10.1. The summed E-state index contributed by atoms with van der Waals surface area (Å²) in [5, 5.41) is 4.08. The maximum absolute atomic E-state index is 12.0. The Morgan fingerprint density at radius 1 is 1.33 bits per heavy atom. The lowest BCUT2D eigenvalue weighted by Crippen LogP contribution is -2.10. The van der Waals surface area contributed by atoms with Gasteiger partial charge in [0, 0.05) is 11.8 Å². The van der Waals surface area contributed by atoms with E-state index in [1.54, 1.807) is 17.1 Å². The number of carbonyl (C=O) groups excluding carboxylic acids is 1. The molecular weight excluding hydrogens is 292 g/mol. The molecule has 0 amide bonds. The van der Waals surface area contributed by atoms with Crippen LogP contribution in [0.5, 0.6) is 0 Å². The number of ketones is 1. The number of aryl methyl sites for hydroxylation is 1. The van der Waals surface area contributed by atoms with Crippen molar-refractivity contribution in [3.63, 3.8) is 0 Å². The molecule has 0 aliphatic heterocycles. The van der Waals surface area contributed by atoms with Gasteiger partial charge >= 0.3 is 0 Å². The van der Waals surface area contributed by atoms with Crippen molar-refractivity contribution in [2.24, 2.45) is 0 Å². The predicted octanol–water partition coefficient (Wildman–Crippen LogP) is 3.48. The minimum atomic E-state index is 0.0775. The lowest BCUT2D eigenvalue weighted by molar-refractivity contribution is 0.0967. The minimum Gasteiger partial charge on any atom is -0.292 e. The lowest BCUT2D eigenvalue weighted by Gasteiger charge is -2.03. The first-order valence-electron chi connectivity index (χ1n) is 5.99. The molecule has 0 unspecified atom stereocenters. The molecule has 0 saturated carbocycles. The molecule has 3 nitrogen and oxygen atoms in total. The van der Waals surface area contributed by atoms with Crippen molar-refractivity contribution in [3.05, 3.63) is 52.3 Å². The second-order valence-electron chi connectivity index (χ2n) is 4.23. The molecule has 0 spiro atoms. The van der Waals surface area contributed by atoms with Crippen LogP contribution in [0.4, 0.5) is 0 Å². The summed E-state index contributed by atoms with van der Waals surface area (Å²) in [6, 6.07) is 7.84. The fourth-order valence-electron chi connectivity index (χ4n) is 1.81. The predicted molar refractivity (Wildman–Crippen MR) is 74.7 cm³/mol. The second kappa shape index (κ2) is 5.96. The third-order valence-corrected chi connectivity index (χ3v) is 3.13. The Kier molecular flexibility index (Phi) is 4.31. The molecule has 4 heteroatoms. The summed E-state index contributed by atoms with van der Waals surface area (Å²) in [6.07, 6.45) is 5.65. The number of hydrogen-bond donors (Lipinski definition) is 0. The third-order valence-electron chi connectivity index (χ3n) is 2.72. The number of rotatable bonds is 5. The summed E-state index contributed by atoms with van der Waals surface area (Å²) < 4.78 is 2.51. The van der Waals surface area contributed by atoms with E-state index in [-0.39, 0.29) is 12.3 Å². The van der Waals surface area contributed by atoms with Gasteiger partial charge in [0.05, 0.1) is 10.7 Å². The van der Waals surface area contributed by atoms with E-state index < -0.39 is 0 Å². The van der Waals surface area contributed by atoms with E-state index in [4.69, 9.17) is 0 Å². The van der Waals surface area contributed by atoms with Crippen LogP contribution < -0.4 is 0 Å². The van der Waals surface area contributed by atoms with Crippen LogP contribution in [0.3, 0.4) is 0 Å². The third kappa shape index (κ3) is 3.29. The van der Waals surface area contributed by atoms with Crippen molar-refractivity contribution < 1.29 is 4.79 Å². The smallest absolute Gasteiger partial charge is 0.184 e. The van der Waals surface area contributed by atoms with Gasteiger partial charge in [-0.1, -0.05) is 37.6 Å². The highest BCUT2D eigenvalue weighted by Crippen LogP contribution is 2.10. The Hall–Kier alpha value is -1.42. The minimum absolute atomic E-state index is 0.0775. The van der Waals surface area contributed by atoms with Crippen LogP contribution in [0.25, 0.3) is 0 Å². The Bertz CT molecular complexity index is 531. The van der Waals surface area contributed by atoms with Crippen molar-refractivity contribution in [2.45, 2.75) is 26.3 Å². The van der Waals surface area contributed by atoms with Gasteiger partial charge in [0.1, 0.15) is 6.54 Å². The quantitative estimate of drug-likeness (QED) is 0.793. The number of hydrogen-bond acceptors (Lipinski definition) is 2. The Balaban J connectivity index is 2.04. The fourth-order valence-corrected chi connectivity index (χ4v) is 2.14. The van der Waals surface area contributed by atoms with Gasteiger partial charge in [-0.15, -0.1) is 0 Å². The van der Waals surface area contributed by atoms with Gasteiger partial charge in [0.2, 0.25) is 0 Å². The first-order chi connectivity index (χ1) is 8.69. The van der Waals surface area contributed by atoms with E-state index in [9.17, 15) is 4.79 Å². The molecule has 0 N–H and O–H groups in total. The van der Waals surface area contributed by atoms with E-state index >= 15 is 0 Å². The number of nitrogens with zero attached hydrogens (tertiary/aromatic N) is 2. The average Bonchev–Trinajstić information content (AvgIpc) is 2.76. The zero-order chi connectivity index (χ0) is 13.0. The van der Waals surface area contributed by atoms with Gasteiger partial charge in [-0.05, 0) is 27.9 Å². The molecule has 0 radical (unpaired) electrons. The number of Topliss-reactive ketones (excluding diaryl/α,β-unsaturated/α-hetero) is 1. The highest BCUT2D eigenvalue weighted by molar-refractivity contribution is 9.10. The van der Waals surface area contributed by atoms with Crippen molar-refractivity contribution >= 4 is 21.7 Å². The summed E-state index contributed by atoms with van der Waals surface area (Å²) in [5.74, 6) is 0.0775. The standard InChI is InChI=1S/C14H15BrN2O/c1-2-3-11-4-6-12(7-5-11)14(18)10-17-9-13(15)8-16-17/h4-9H,2-3,10H2,1H3. The van der Waals surface area contributed by atoms with E-state index in [1.807, 2.05) is 24.3 Å². The summed E-state index contributed by atoms with van der Waals surface area (Å²) in [6.45, 7) is 2.42. The highest BCUT2D eigenvalue weighted by Gasteiger charge is 2.07. The molecule has 1 heterocycles. The highest BCUT2D eigenvalue weighted by atomic mass is 79.9. The molecule has 1 aromatic heterocycles. The largest absolute Gasteiger partial charge is 0.292 e. The number of aromatic nitrogens is 2. The first kappa shape index (κ1) is 13.0. The van der Waals surface area contributed by atoms with E-state index in [0.717, 1.165) is 22.9 Å². The van der Waals surface area contributed by atoms with Gasteiger partial charge in [-0.25, -0.2) is 0 Å². The summed E-state index contributed by atoms with van der Waals surface area (Å²) in [4.78, 5) is 12.0. The molecule has 0 atom stereocenters. The van der Waals surface area contributed by atoms with Crippen LogP contribution in [-0.4, -0.2) is 15.6 Å². The molecule has 2 aromatic rings. The van der Waals surface area contributed by atoms with Gasteiger partial charge < -0.3 is 0 Å². The molecule has 2 rings (SSSR count). The number of halogens is 1. The van der Waals surface area contributed by atoms with Gasteiger partial charge in [0.25, 0.3) is 0 Å². The number of benzene rings is 1. The van der Waals surface area contributed by atoms with Crippen molar-refractivity contribution in [2.75, 3.05) is 0 Å². The molecule has 18 heavy (non-hydrogen) atoms. The molecular formula is C14H15BrN2O. The molecule has 0 bridgehead atoms. The number of carbonyl (C=O) groups is 1. The zero-order valence-corrected chi connectivity index (χ0v) is 11.9. The maximum Gasteiger partial charge on any atom is 0.184 e. The summed E-state index contributed by atoms with van der Waals surface area (Å²) in [7, 11) is 0. The zero-order valence-electron chi connectivity index (χ0n) is 10.3.